The molecule has 6 aromatic rings. The van der Waals surface area contributed by atoms with E-state index in [2.05, 4.69) is 119 Å². The molecule has 0 bridgehead atoms. The van der Waals surface area contributed by atoms with Gasteiger partial charge >= 0.3 is 5.97 Å². The number of pyridine rings is 1. The van der Waals surface area contributed by atoms with Gasteiger partial charge < -0.3 is 28.3 Å². The van der Waals surface area contributed by atoms with Gasteiger partial charge in [-0.05, 0) is 81.6 Å². The Balaban J connectivity index is 0.000000144. The highest BCUT2D eigenvalue weighted by Gasteiger charge is 2.29. The number of carbonyl (C=O) groups is 1. The van der Waals surface area contributed by atoms with Crippen molar-refractivity contribution in [1.29, 1.82) is 0 Å². The average molecular weight is 764 g/mol. The number of rotatable bonds is 6. The Hall–Kier alpha value is -4.61. The number of ether oxygens (including phenoxy) is 2. The van der Waals surface area contributed by atoms with Crippen LogP contribution in [0.4, 0.5) is 0 Å². The molecule has 8 rings (SSSR count). The van der Waals surface area contributed by atoms with Crippen LogP contribution in [-0.2, 0) is 45.4 Å². The third-order valence-electron chi connectivity index (χ3n) is 10.3. The summed E-state index contributed by atoms with van der Waals surface area (Å²) in [5, 5.41) is 9.19. The standard InChI is InChI=1S/C16H20N2O3.C15H21N3O.C14H20N2/c1-16(2,3)15-17-12-5-4-10(14(19)20)8-13(12)18(15)9-11-6-7-21-11;1-10-5-6-12-13(16-10)18(9-11-7-8-19-11)14(17-12)15(2,3)4;1-6-16-12-9-10(2)7-8-11(12)15-13(16)14(3,4)5/h4-5,8,11H,6-7,9H2,1-3H3,(H,19,20);5-6,11H,7-9H2,1-4H3;7-9H,6H2,1-5H3/t2*11-;/m00./s1. The van der Waals surface area contributed by atoms with Crippen LogP contribution in [0.15, 0.2) is 48.5 Å². The van der Waals surface area contributed by atoms with E-state index in [-0.39, 0.29) is 22.3 Å². The molecule has 1 N–H and O–H groups in total. The molecule has 0 saturated carbocycles. The van der Waals surface area contributed by atoms with E-state index in [0.717, 1.165) is 90.7 Å². The molecule has 2 fully saturated rings. The highest BCUT2D eigenvalue weighted by molar-refractivity contribution is 5.92. The van der Waals surface area contributed by atoms with Crippen molar-refractivity contribution in [1.82, 2.24) is 33.6 Å². The van der Waals surface area contributed by atoms with Crippen LogP contribution >= 0.6 is 0 Å². The predicted octanol–water partition coefficient (Wildman–Crippen LogP) is 9.31. The molecule has 0 aliphatic carbocycles. The van der Waals surface area contributed by atoms with Crippen molar-refractivity contribution in [2.24, 2.45) is 0 Å². The third-order valence-corrected chi connectivity index (χ3v) is 10.3. The lowest BCUT2D eigenvalue weighted by Crippen LogP contribution is -2.33. The molecule has 0 radical (unpaired) electrons. The number of aryl methyl sites for hydroxylation is 3. The summed E-state index contributed by atoms with van der Waals surface area (Å²) in [5.74, 6) is 2.32. The zero-order valence-corrected chi connectivity index (χ0v) is 35.5. The maximum absolute atomic E-state index is 11.2. The monoisotopic (exact) mass is 763 g/mol. The van der Waals surface area contributed by atoms with Crippen molar-refractivity contribution >= 4 is 39.2 Å². The van der Waals surface area contributed by atoms with Crippen molar-refractivity contribution in [2.45, 2.75) is 144 Å². The van der Waals surface area contributed by atoms with Crippen LogP contribution in [0.3, 0.4) is 0 Å². The molecule has 2 saturated heterocycles. The number of imidazole rings is 3. The summed E-state index contributed by atoms with van der Waals surface area (Å²) in [6.07, 6.45) is 2.70. The molecule has 2 aliphatic rings. The summed E-state index contributed by atoms with van der Waals surface area (Å²) in [5.41, 5.74) is 8.66. The van der Waals surface area contributed by atoms with Crippen LogP contribution in [0, 0.1) is 13.8 Å². The summed E-state index contributed by atoms with van der Waals surface area (Å²) in [6.45, 7) is 30.2. The SMILES string of the molecule is CC(C)(C)c1nc2ccc(C(=O)O)cc2n1C[C@@H]1CCO1.CCn1c(C(C)(C)C)nc2ccc(C)cc21.Cc1ccc2nc(C(C)(C)C)n(C[C@@H]3CCO3)c2n1. The minimum absolute atomic E-state index is 0.0123. The second-order valence-corrected chi connectivity index (χ2v) is 18.4. The Morgan fingerprint density at radius 3 is 1.62 bits per heavy atom. The van der Waals surface area contributed by atoms with Crippen molar-refractivity contribution in [3.05, 3.63) is 82.8 Å². The molecule has 11 nitrogen and oxygen atoms in total. The Labute approximate surface area is 331 Å². The molecule has 56 heavy (non-hydrogen) atoms. The third kappa shape index (κ3) is 8.84. The number of carboxylic acid groups (broad SMARTS) is 1. The number of fused-ring (bicyclic) bond motifs is 3. The lowest BCUT2D eigenvalue weighted by atomic mass is 9.95. The van der Waals surface area contributed by atoms with Crippen LogP contribution in [-0.4, -0.2) is 70.1 Å². The maximum Gasteiger partial charge on any atom is 0.335 e. The van der Waals surface area contributed by atoms with Crippen molar-refractivity contribution in [3.8, 4) is 0 Å². The van der Waals surface area contributed by atoms with E-state index in [1.54, 1.807) is 18.2 Å². The number of carboxylic acids is 1. The first-order chi connectivity index (χ1) is 26.2. The van der Waals surface area contributed by atoms with Crippen LogP contribution in [0.2, 0.25) is 0 Å². The summed E-state index contributed by atoms with van der Waals surface area (Å²) in [4.78, 5) is 30.1. The van der Waals surface area contributed by atoms with Gasteiger partial charge in [0, 0.05) is 41.7 Å². The van der Waals surface area contributed by atoms with Crippen LogP contribution in [0.5, 0.6) is 0 Å². The molecule has 2 aromatic carbocycles. The second kappa shape index (κ2) is 15.7. The highest BCUT2D eigenvalue weighted by atomic mass is 16.5. The van der Waals surface area contributed by atoms with Gasteiger partial charge in [-0.15, -0.1) is 0 Å². The number of aromatic nitrogens is 7. The minimum atomic E-state index is -0.915. The van der Waals surface area contributed by atoms with Crippen molar-refractivity contribution < 1.29 is 19.4 Å². The quantitative estimate of drug-likeness (QED) is 0.178. The van der Waals surface area contributed by atoms with Crippen LogP contribution in [0.1, 0.15) is 121 Å². The largest absolute Gasteiger partial charge is 0.478 e. The van der Waals surface area contributed by atoms with E-state index < -0.39 is 5.97 Å². The second-order valence-electron chi connectivity index (χ2n) is 18.4. The maximum atomic E-state index is 11.2. The average Bonchev–Trinajstić information content (AvgIpc) is 3.75. The van der Waals surface area contributed by atoms with E-state index in [9.17, 15) is 9.90 Å². The van der Waals surface area contributed by atoms with Gasteiger partial charge in [-0.2, -0.15) is 0 Å². The summed E-state index contributed by atoms with van der Waals surface area (Å²) in [6, 6.07) is 15.6. The fourth-order valence-electron chi connectivity index (χ4n) is 7.24. The van der Waals surface area contributed by atoms with Crippen molar-refractivity contribution in [2.75, 3.05) is 13.2 Å². The van der Waals surface area contributed by atoms with Gasteiger partial charge in [0.15, 0.2) is 5.65 Å². The van der Waals surface area contributed by atoms with Gasteiger partial charge in [0.2, 0.25) is 0 Å². The summed E-state index contributed by atoms with van der Waals surface area (Å²) >= 11 is 0. The Morgan fingerprint density at radius 2 is 1.12 bits per heavy atom. The number of benzene rings is 2. The van der Waals surface area contributed by atoms with E-state index >= 15 is 0 Å². The van der Waals surface area contributed by atoms with E-state index in [1.165, 1.54) is 16.9 Å². The molecule has 0 amide bonds. The van der Waals surface area contributed by atoms with E-state index in [1.807, 2.05) is 13.0 Å². The van der Waals surface area contributed by atoms with Gasteiger partial charge in [0.05, 0.1) is 52.9 Å². The molecular weight excluding hydrogens is 703 g/mol. The predicted molar refractivity (Wildman–Crippen MR) is 224 cm³/mol. The minimum Gasteiger partial charge on any atom is -0.478 e. The molecule has 6 heterocycles. The number of nitrogens with zero attached hydrogens (tertiary/aromatic N) is 7. The lowest BCUT2D eigenvalue weighted by Gasteiger charge is -2.29. The molecular formula is C45H61N7O4. The summed E-state index contributed by atoms with van der Waals surface area (Å²) in [7, 11) is 0. The number of hydrogen-bond donors (Lipinski definition) is 1. The van der Waals surface area contributed by atoms with Gasteiger partial charge in [0.1, 0.15) is 23.0 Å². The molecule has 0 spiro atoms. The molecule has 0 unspecified atom stereocenters. The zero-order valence-electron chi connectivity index (χ0n) is 35.5. The normalized spacial score (nSPS) is 17.2. The first-order valence-corrected chi connectivity index (χ1v) is 20.0. The molecule has 2 atom stereocenters. The highest BCUT2D eigenvalue weighted by Crippen LogP contribution is 2.31. The van der Waals surface area contributed by atoms with Gasteiger partial charge in [-0.25, -0.2) is 24.7 Å². The first kappa shape index (κ1) is 41.0. The molecule has 2 aliphatic heterocycles. The lowest BCUT2D eigenvalue weighted by molar-refractivity contribution is -0.0594. The van der Waals surface area contributed by atoms with Gasteiger partial charge in [0.25, 0.3) is 0 Å². The van der Waals surface area contributed by atoms with Crippen LogP contribution < -0.4 is 0 Å². The van der Waals surface area contributed by atoms with Crippen LogP contribution in [0.25, 0.3) is 33.2 Å². The Bertz CT molecular complexity index is 2340. The van der Waals surface area contributed by atoms with E-state index in [0.29, 0.717) is 11.7 Å². The topological polar surface area (TPSA) is 122 Å². The first-order valence-electron chi connectivity index (χ1n) is 20.0. The zero-order chi connectivity index (χ0) is 40.7. The number of hydrogen-bond acceptors (Lipinski definition) is 7. The fraction of sp³-hybridized carbons (Fsp3) is 0.533. The summed E-state index contributed by atoms with van der Waals surface area (Å²) < 4.78 is 17.8. The van der Waals surface area contributed by atoms with E-state index in [4.69, 9.17) is 24.4 Å². The molecule has 11 heteroatoms. The molecule has 4 aromatic heterocycles. The Morgan fingerprint density at radius 1 is 0.661 bits per heavy atom. The van der Waals surface area contributed by atoms with Gasteiger partial charge in [-0.3, -0.25) is 0 Å². The molecule has 300 valence electrons. The number of aromatic carboxylic acids is 1. The Kier molecular flexibility index (Phi) is 11.5. The smallest absolute Gasteiger partial charge is 0.335 e. The van der Waals surface area contributed by atoms with Gasteiger partial charge in [-0.1, -0.05) is 68.4 Å². The fourth-order valence-corrected chi connectivity index (χ4v) is 7.24. The van der Waals surface area contributed by atoms with Crippen molar-refractivity contribution in [3.63, 3.8) is 0 Å².